The summed E-state index contributed by atoms with van der Waals surface area (Å²) in [7, 11) is 2.04. The third-order valence-corrected chi connectivity index (χ3v) is 2.31. The van der Waals surface area contributed by atoms with Crippen molar-refractivity contribution in [2.75, 3.05) is 33.2 Å². The predicted octanol–water partition coefficient (Wildman–Crippen LogP) is 1.83. The molecule has 0 aromatic carbocycles. The van der Waals surface area contributed by atoms with E-state index in [0.717, 1.165) is 19.6 Å². The molecule has 0 aliphatic carbocycles. The first-order valence-corrected chi connectivity index (χ1v) is 6.90. The van der Waals surface area contributed by atoms with E-state index in [2.05, 4.69) is 36.3 Å². The molecule has 0 saturated heterocycles. The van der Waals surface area contributed by atoms with E-state index in [1.807, 2.05) is 27.8 Å². The minimum absolute atomic E-state index is 0.148. The summed E-state index contributed by atoms with van der Waals surface area (Å²) in [5.74, 6) is 0. The van der Waals surface area contributed by atoms with Crippen molar-refractivity contribution in [1.82, 2.24) is 15.5 Å². The molecule has 0 radical (unpaired) electrons. The first kappa shape index (κ1) is 18.2. The van der Waals surface area contributed by atoms with Crippen LogP contribution in [-0.4, -0.2) is 55.4 Å². The van der Waals surface area contributed by atoms with Gasteiger partial charge in [0.05, 0.1) is 0 Å². The van der Waals surface area contributed by atoms with E-state index in [-0.39, 0.29) is 11.6 Å². The normalized spacial score (nSPS) is 12.6. The maximum Gasteiger partial charge on any atom is 0.407 e. The molecular weight excluding hydrogens is 242 g/mol. The largest absolute Gasteiger partial charge is 0.444 e. The van der Waals surface area contributed by atoms with Gasteiger partial charge in [0, 0.05) is 31.7 Å². The Morgan fingerprint density at radius 1 is 1.05 bits per heavy atom. The lowest BCUT2D eigenvalue weighted by Crippen LogP contribution is -2.42. The van der Waals surface area contributed by atoms with Gasteiger partial charge >= 0.3 is 6.09 Å². The van der Waals surface area contributed by atoms with Crippen molar-refractivity contribution >= 4 is 6.09 Å². The summed E-state index contributed by atoms with van der Waals surface area (Å²) >= 11 is 0. The average Bonchev–Trinajstić information content (AvgIpc) is 2.12. The SMILES string of the molecule is CN(CCNC(=O)OC(C)(C)C)CCNC(C)(C)C. The zero-order valence-corrected chi connectivity index (χ0v) is 13.6. The third-order valence-electron chi connectivity index (χ3n) is 2.31. The number of amides is 1. The molecule has 0 saturated carbocycles. The van der Waals surface area contributed by atoms with Gasteiger partial charge in [-0.2, -0.15) is 0 Å². The van der Waals surface area contributed by atoms with E-state index < -0.39 is 5.60 Å². The van der Waals surface area contributed by atoms with E-state index in [9.17, 15) is 4.79 Å². The number of nitrogens with one attached hydrogen (secondary N) is 2. The number of nitrogens with zero attached hydrogens (tertiary/aromatic N) is 1. The van der Waals surface area contributed by atoms with Gasteiger partial charge in [0.2, 0.25) is 0 Å². The zero-order valence-electron chi connectivity index (χ0n) is 13.6. The lowest BCUT2D eigenvalue weighted by molar-refractivity contribution is 0.0523. The van der Waals surface area contributed by atoms with Crippen LogP contribution in [0.3, 0.4) is 0 Å². The van der Waals surface area contributed by atoms with Crippen LogP contribution in [0.2, 0.25) is 0 Å². The molecule has 0 aromatic heterocycles. The van der Waals surface area contributed by atoms with E-state index in [4.69, 9.17) is 4.74 Å². The Morgan fingerprint density at radius 3 is 2.05 bits per heavy atom. The molecule has 0 unspecified atom stereocenters. The van der Waals surface area contributed by atoms with Crippen molar-refractivity contribution in [2.45, 2.75) is 52.7 Å². The fourth-order valence-electron chi connectivity index (χ4n) is 1.40. The van der Waals surface area contributed by atoms with Crippen molar-refractivity contribution in [1.29, 1.82) is 0 Å². The second-order valence-corrected chi connectivity index (χ2v) is 6.91. The summed E-state index contributed by atoms with van der Waals surface area (Å²) in [6, 6.07) is 0. The third kappa shape index (κ3) is 13.4. The lowest BCUT2D eigenvalue weighted by Gasteiger charge is -2.24. The standard InChI is InChI=1S/C14H31N3O2/c1-13(2,3)16-9-11-17(7)10-8-15-12(18)19-14(4,5)6/h16H,8-11H2,1-7H3,(H,15,18). The Morgan fingerprint density at radius 2 is 1.58 bits per heavy atom. The number of carbonyl (C=O) groups is 1. The molecule has 0 aliphatic heterocycles. The zero-order chi connectivity index (χ0) is 15.1. The Hall–Kier alpha value is -0.810. The number of alkyl carbamates (subject to hydrolysis) is 1. The number of hydrogen-bond donors (Lipinski definition) is 2. The molecule has 0 spiro atoms. The van der Waals surface area contributed by atoms with Crippen LogP contribution in [0.25, 0.3) is 0 Å². The molecule has 0 bridgehead atoms. The summed E-state index contributed by atoms with van der Waals surface area (Å²) < 4.78 is 5.16. The number of rotatable bonds is 6. The molecule has 0 fully saturated rings. The first-order chi connectivity index (χ1) is 8.49. The maximum absolute atomic E-state index is 11.4. The molecule has 0 heterocycles. The maximum atomic E-state index is 11.4. The van der Waals surface area contributed by atoms with Crippen LogP contribution in [-0.2, 0) is 4.74 Å². The molecule has 1 amide bonds. The topological polar surface area (TPSA) is 53.6 Å². The van der Waals surface area contributed by atoms with Gasteiger partial charge in [0.1, 0.15) is 5.60 Å². The van der Waals surface area contributed by atoms with Crippen LogP contribution in [0.15, 0.2) is 0 Å². The molecular formula is C14H31N3O2. The summed E-state index contributed by atoms with van der Waals surface area (Å²) in [5.41, 5.74) is -0.289. The molecule has 114 valence electrons. The predicted molar refractivity (Wildman–Crippen MR) is 79.5 cm³/mol. The van der Waals surface area contributed by atoms with Gasteiger partial charge in [-0.3, -0.25) is 0 Å². The van der Waals surface area contributed by atoms with Gasteiger partial charge in [-0.25, -0.2) is 4.79 Å². The van der Waals surface area contributed by atoms with Crippen LogP contribution in [0.5, 0.6) is 0 Å². The van der Waals surface area contributed by atoms with Crippen LogP contribution >= 0.6 is 0 Å². The molecule has 5 nitrogen and oxygen atoms in total. The van der Waals surface area contributed by atoms with Crippen LogP contribution in [0.1, 0.15) is 41.5 Å². The van der Waals surface area contributed by atoms with Crippen molar-refractivity contribution in [3.63, 3.8) is 0 Å². The Labute approximate surface area is 118 Å². The Bertz CT molecular complexity index is 267. The minimum Gasteiger partial charge on any atom is -0.444 e. The lowest BCUT2D eigenvalue weighted by atomic mass is 10.1. The molecule has 0 aliphatic rings. The van der Waals surface area contributed by atoms with E-state index in [0.29, 0.717) is 6.54 Å². The summed E-state index contributed by atoms with van der Waals surface area (Å²) in [5, 5.41) is 6.18. The van der Waals surface area contributed by atoms with Gasteiger partial charge in [-0.1, -0.05) is 0 Å². The fourth-order valence-corrected chi connectivity index (χ4v) is 1.40. The van der Waals surface area contributed by atoms with Crippen molar-refractivity contribution in [3.8, 4) is 0 Å². The summed E-state index contributed by atoms with van der Waals surface area (Å²) in [6.45, 7) is 15.3. The monoisotopic (exact) mass is 273 g/mol. The highest BCUT2D eigenvalue weighted by atomic mass is 16.6. The average molecular weight is 273 g/mol. The highest BCUT2D eigenvalue weighted by Gasteiger charge is 2.15. The first-order valence-electron chi connectivity index (χ1n) is 6.90. The van der Waals surface area contributed by atoms with Crippen LogP contribution in [0.4, 0.5) is 4.79 Å². The fraction of sp³-hybridized carbons (Fsp3) is 0.929. The van der Waals surface area contributed by atoms with Gasteiger partial charge < -0.3 is 20.3 Å². The van der Waals surface area contributed by atoms with Crippen molar-refractivity contribution in [2.24, 2.45) is 0 Å². The minimum atomic E-state index is -0.438. The van der Waals surface area contributed by atoms with Gasteiger partial charge in [0.25, 0.3) is 0 Å². The molecule has 2 N–H and O–H groups in total. The smallest absolute Gasteiger partial charge is 0.407 e. The highest BCUT2D eigenvalue weighted by molar-refractivity contribution is 5.67. The quantitative estimate of drug-likeness (QED) is 0.775. The van der Waals surface area contributed by atoms with E-state index >= 15 is 0 Å². The number of hydrogen-bond acceptors (Lipinski definition) is 4. The van der Waals surface area contributed by atoms with Crippen LogP contribution in [0, 0.1) is 0 Å². The molecule has 19 heavy (non-hydrogen) atoms. The van der Waals surface area contributed by atoms with Gasteiger partial charge in [0.15, 0.2) is 0 Å². The molecule has 5 heteroatoms. The molecule has 0 aromatic rings. The van der Waals surface area contributed by atoms with E-state index in [1.165, 1.54) is 0 Å². The summed E-state index contributed by atoms with van der Waals surface area (Å²) in [4.78, 5) is 13.6. The van der Waals surface area contributed by atoms with Crippen LogP contribution < -0.4 is 10.6 Å². The van der Waals surface area contributed by atoms with Gasteiger partial charge in [-0.15, -0.1) is 0 Å². The second kappa shape index (κ2) is 7.70. The van der Waals surface area contributed by atoms with E-state index in [1.54, 1.807) is 0 Å². The highest BCUT2D eigenvalue weighted by Crippen LogP contribution is 2.06. The molecule has 0 rings (SSSR count). The Kier molecular flexibility index (Phi) is 7.37. The number of ether oxygens (including phenoxy) is 1. The van der Waals surface area contributed by atoms with Crippen molar-refractivity contribution < 1.29 is 9.53 Å². The number of carbonyl (C=O) groups excluding carboxylic acids is 1. The number of likely N-dealkylation sites (N-methyl/N-ethyl adjacent to an activating group) is 1. The van der Waals surface area contributed by atoms with Crippen molar-refractivity contribution in [3.05, 3.63) is 0 Å². The summed E-state index contributed by atoms with van der Waals surface area (Å²) in [6.07, 6.45) is -0.353. The Balaban J connectivity index is 3.64. The van der Waals surface area contributed by atoms with Gasteiger partial charge in [-0.05, 0) is 48.6 Å². The molecule has 0 atom stereocenters. The second-order valence-electron chi connectivity index (χ2n) is 6.91.